The lowest BCUT2D eigenvalue weighted by atomic mass is 9.85. The third kappa shape index (κ3) is 4.93. The Kier molecular flexibility index (Phi) is 6.53. The summed E-state index contributed by atoms with van der Waals surface area (Å²) in [5.74, 6) is 0.975. The van der Waals surface area contributed by atoms with Gasteiger partial charge >= 0.3 is 0 Å². The molecule has 0 aromatic rings. The number of hydrogen-bond donors (Lipinski definition) is 2. The summed E-state index contributed by atoms with van der Waals surface area (Å²) in [5, 5.41) is 6.90. The number of rotatable bonds is 6. The molecule has 0 aromatic heterocycles. The molecule has 24 heavy (non-hydrogen) atoms. The number of hydrogen-bond acceptors (Lipinski definition) is 4. The molecule has 2 N–H and O–H groups in total. The Bertz CT molecular complexity index is 393. The minimum absolute atomic E-state index is 0.0515. The first kappa shape index (κ1) is 18.2. The van der Waals surface area contributed by atoms with Gasteiger partial charge in [0.05, 0.1) is 18.8 Å². The van der Waals surface area contributed by atoms with Crippen LogP contribution in [0.3, 0.4) is 0 Å². The lowest BCUT2D eigenvalue weighted by molar-refractivity contribution is -0.124. The highest BCUT2D eigenvalue weighted by Crippen LogP contribution is 2.33. The predicted octanol–water partition coefficient (Wildman–Crippen LogP) is 1.91. The molecule has 1 saturated carbocycles. The normalized spacial score (nSPS) is 32.0. The van der Waals surface area contributed by atoms with Crippen molar-refractivity contribution in [2.24, 2.45) is 5.92 Å². The SMILES string of the molecule is CC(C)OCCN1CCC(NC(=O)C2CC3CCCCC3N2)CC1. The van der Waals surface area contributed by atoms with Crippen LogP contribution in [0.15, 0.2) is 0 Å². The summed E-state index contributed by atoms with van der Waals surface area (Å²) in [4.78, 5) is 15.0. The van der Waals surface area contributed by atoms with Gasteiger partial charge in [0.2, 0.25) is 5.91 Å². The number of likely N-dealkylation sites (tertiary alicyclic amines) is 1. The van der Waals surface area contributed by atoms with Crippen molar-refractivity contribution in [3.8, 4) is 0 Å². The fourth-order valence-electron chi connectivity index (χ4n) is 4.54. The molecule has 0 radical (unpaired) electrons. The van der Waals surface area contributed by atoms with E-state index in [0.717, 1.165) is 51.4 Å². The van der Waals surface area contributed by atoms with Crippen molar-refractivity contribution in [3.05, 3.63) is 0 Å². The number of fused-ring (bicyclic) bond motifs is 1. The number of ether oxygens (including phenoxy) is 1. The van der Waals surface area contributed by atoms with Gasteiger partial charge in [-0.2, -0.15) is 0 Å². The number of nitrogens with one attached hydrogen (secondary N) is 2. The zero-order chi connectivity index (χ0) is 16.9. The molecule has 5 nitrogen and oxygen atoms in total. The van der Waals surface area contributed by atoms with Crippen molar-refractivity contribution < 1.29 is 9.53 Å². The summed E-state index contributed by atoms with van der Waals surface area (Å²) < 4.78 is 5.63. The molecule has 0 aromatic carbocycles. The summed E-state index contributed by atoms with van der Waals surface area (Å²) in [6.45, 7) is 8.10. The van der Waals surface area contributed by atoms with Crippen molar-refractivity contribution in [3.63, 3.8) is 0 Å². The van der Waals surface area contributed by atoms with Crippen LogP contribution in [0.1, 0.15) is 58.8 Å². The first-order valence-corrected chi connectivity index (χ1v) is 10.0. The van der Waals surface area contributed by atoms with Crippen LogP contribution < -0.4 is 10.6 Å². The molecule has 0 bridgehead atoms. The van der Waals surface area contributed by atoms with Crippen LogP contribution in [0.2, 0.25) is 0 Å². The van der Waals surface area contributed by atoms with E-state index in [9.17, 15) is 4.79 Å². The van der Waals surface area contributed by atoms with Crippen LogP contribution in [0.25, 0.3) is 0 Å². The maximum absolute atomic E-state index is 12.6. The second-order valence-corrected chi connectivity index (χ2v) is 8.15. The van der Waals surface area contributed by atoms with Crippen molar-refractivity contribution >= 4 is 5.91 Å². The van der Waals surface area contributed by atoms with Gasteiger partial charge in [-0.3, -0.25) is 4.79 Å². The fraction of sp³-hybridized carbons (Fsp3) is 0.947. The second-order valence-electron chi connectivity index (χ2n) is 8.15. The summed E-state index contributed by atoms with van der Waals surface area (Å²) in [6, 6.07) is 0.997. The summed E-state index contributed by atoms with van der Waals surface area (Å²) >= 11 is 0. The zero-order valence-electron chi connectivity index (χ0n) is 15.4. The van der Waals surface area contributed by atoms with Gasteiger partial charge in [0.25, 0.3) is 0 Å². The molecule has 1 aliphatic carbocycles. The van der Waals surface area contributed by atoms with Crippen molar-refractivity contribution in [1.82, 2.24) is 15.5 Å². The van der Waals surface area contributed by atoms with E-state index in [-0.39, 0.29) is 11.9 Å². The van der Waals surface area contributed by atoms with Crippen molar-refractivity contribution in [2.45, 2.75) is 83.0 Å². The molecule has 2 heterocycles. The standard InChI is InChI=1S/C19H35N3O2/c1-14(2)24-12-11-22-9-7-16(8-10-22)20-19(23)18-13-15-5-3-4-6-17(15)21-18/h14-18,21H,3-13H2,1-2H3,(H,20,23). The van der Waals surface area contributed by atoms with Crippen LogP contribution in [-0.2, 0) is 9.53 Å². The van der Waals surface area contributed by atoms with Gasteiger partial charge < -0.3 is 20.3 Å². The highest BCUT2D eigenvalue weighted by Gasteiger charge is 2.38. The molecule has 3 rings (SSSR count). The maximum atomic E-state index is 12.6. The maximum Gasteiger partial charge on any atom is 0.237 e. The molecule has 0 spiro atoms. The molecule has 1 amide bonds. The molecule has 3 fully saturated rings. The van der Waals surface area contributed by atoms with E-state index in [2.05, 4.69) is 29.4 Å². The van der Waals surface area contributed by atoms with Crippen LogP contribution in [0, 0.1) is 5.92 Å². The van der Waals surface area contributed by atoms with Crippen LogP contribution in [-0.4, -0.2) is 61.3 Å². The van der Waals surface area contributed by atoms with E-state index in [1.54, 1.807) is 0 Å². The van der Waals surface area contributed by atoms with Crippen molar-refractivity contribution in [1.29, 1.82) is 0 Å². The van der Waals surface area contributed by atoms with Gasteiger partial charge in [-0.15, -0.1) is 0 Å². The minimum Gasteiger partial charge on any atom is -0.377 e. The molecule has 138 valence electrons. The van der Waals surface area contributed by atoms with E-state index in [1.807, 2.05) is 0 Å². The Morgan fingerprint density at radius 3 is 2.67 bits per heavy atom. The van der Waals surface area contributed by atoms with E-state index in [4.69, 9.17) is 4.74 Å². The van der Waals surface area contributed by atoms with Gasteiger partial charge in [-0.1, -0.05) is 12.8 Å². The van der Waals surface area contributed by atoms with E-state index >= 15 is 0 Å². The molecule has 3 atom stereocenters. The van der Waals surface area contributed by atoms with Crippen LogP contribution in [0.5, 0.6) is 0 Å². The first-order chi connectivity index (χ1) is 11.6. The van der Waals surface area contributed by atoms with Crippen molar-refractivity contribution in [2.75, 3.05) is 26.2 Å². The number of nitrogens with zero attached hydrogens (tertiary/aromatic N) is 1. The summed E-state index contributed by atoms with van der Waals surface area (Å²) in [5.41, 5.74) is 0. The van der Waals surface area contributed by atoms with E-state index in [0.29, 0.717) is 18.2 Å². The summed E-state index contributed by atoms with van der Waals surface area (Å²) in [7, 11) is 0. The average molecular weight is 338 g/mol. The average Bonchev–Trinajstić information content (AvgIpc) is 3.00. The molecule has 3 aliphatic rings. The first-order valence-electron chi connectivity index (χ1n) is 10.0. The molecular formula is C19H35N3O2. The Balaban J connectivity index is 1.35. The van der Waals surface area contributed by atoms with Gasteiger partial charge in [-0.05, 0) is 51.9 Å². The molecule has 3 unspecified atom stereocenters. The third-order valence-electron chi connectivity index (χ3n) is 5.97. The Hall–Kier alpha value is -0.650. The Morgan fingerprint density at radius 2 is 1.96 bits per heavy atom. The second kappa shape index (κ2) is 8.63. The number of piperidine rings is 1. The largest absolute Gasteiger partial charge is 0.377 e. The third-order valence-corrected chi connectivity index (χ3v) is 5.97. The molecular weight excluding hydrogens is 302 g/mol. The van der Waals surface area contributed by atoms with E-state index < -0.39 is 0 Å². The minimum atomic E-state index is 0.0515. The number of carbonyl (C=O) groups is 1. The monoisotopic (exact) mass is 337 g/mol. The fourth-order valence-corrected chi connectivity index (χ4v) is 4.54. The molecule has 2 aliphatic heterocycles. The quantitative estimate of drug-likeness (QED) is 0.777. The topological polar surface area (TPSA) is 53.6 Å². The van der Waals surface area contributed by atoms with E-state index in [1.165, 1.54) is 25.7 Å². The van der Waals surface area contributed by atoms with Gasteiger partial charge in [0.15, 0.2) is 0 Å². The summed E-state index contributed by atoms with van der Waals surface area (Å²) in [6.07, 6.45) is 8.70. The Labute approximate surface area is 146 Å². The van der Waals surface area contributed by atoms with Gasteiger partial charge in [0.1, 0.15) is 0 Å². The highest BCUT2D eigenvalue weighted by atomic mass is 16.5. The van der Waals surface area contributed by atoms with Gasteiger partial charge in [0, 0.05) is 31.7 Å². The molecule has 2 saturated heterocycles. The smallest absolute Gasteiger partial charge is 0.237 e. The number of carbonyl (C=O) groups excluding carboxylic acids is 1. The molecule has 5 heteroatoms. The van der Waals surface area contributed by atoms with Crippen LogP contribution in [0.4, 0.5) is 0 Å². The van der Waals surface area contributed by atoms with Crippen LogP contribution >= 0.6 is 0 Å². The zero-order valence-corrected chi connectivity index (χ0v) is 15.4. The Morgan fingerprint density at radius 1 is 1.21 bits per heavy atom. The lowest BCUT2D eigenvalue weighted by Crippen LogP contribution is -2.50. The van der Waals surface area contributed by atoms with Gasteiger partial charge in [-0.25, -0.2) is 0 Å². The number of amides is 1. The lowest BCUT2D eigenvalue weighted by Gasteiger charge is -2.33. The highest BCUT2D eigenvalue weighted by molar-refractivity contribution is 5.82. The predicted molar refractivity (Wildman–Crippen MR) is 96.0 cm³/mol.